The Balaban J connectivity index is 2.27. The molecule has 100 valence electrons. The molecule has 1 aromatic heterocycles. The number of rotatable bonds is 4. The number of halogens is 3. The van der Waals surface area contributed by atoms with Crippen molar-refractivity contribution in [3.05, 3.63) is 22.2 Å². The van der Waals surface area contributed by atoms with Crippen LogP contribution in [0.4, 0.5) is 19.0 Å². The monoisotopic (exact) mass is 261 g/mol. The summed E-state index contributed by atoms with van der Waals surface area (Å²) in [5.74, 6) is 0.792. The molecule has 0 saturated heterocycles. The van der Waals surface area contributed by atoms with E-state index in [1.807, 2.05) is 0 Å². The fourth-order valence-corrected chi connectivity index (χ4v) is 1.75. The second-order valence-corrected chi connectivity index (χ2v) is 4.39. The SMILES string of the molecule is CCN(CC(F)(F)F)c1cc(=O)[nH]c(C2CC2)n1. The number of anilines is 1. The number of nitrogens with zero attached hydrogens (tertiary/aromatic N) is 2. The molecule has 1 saturated carbocycles. The van der Waals surface area contributed by atoms with E-state index >= 15 is 0 Å². The minimum Gasteiger partial charge on any atom is -0.348 e. The zero-order valence-electron chi connectivity index (χ0n) is 9.92. The first-order chi connectivity index (χ1) is 8.39. The highest BCUT2D eigenvalue weighted by Crippen LogP contribution is 2.38. The van der Waals surface area contributed by atoms with Crippen LogP contribution in [0.25, 0.3) is 0 Å². The van der Waals surface area contributed by atoms with E-state index < -0.39 is 18.3 Å². The Kier molecular flexibility index (Phi) is 3.32. The van der Waals surface area contributed by atoms with Gasteiger partial charge in [-0.1, -0.05) is 0 Å². The Bertz CT molecular complexity index is 479. The van der Waals surface area contributed by atoms with Crippen molar-refractivity contribution in [2.45, 2.75) is 31.9 Å². The first kappa shape index (κ1) is 12.9. The van der Waals surface area contributed by atoms with Gasteiger partial charge in [-0.2, -0.15) is 13.2 Å². The van der Waals surface area contributed by atoms with E-state index in [9.17, 15) is 18.0 Å². The number of hydrogen-bond acceptors (Lipinski definition) is 3. The lowest BCUT2D eigenvalue weighted by atomic mass is 10.3. The largest absolute Gasteiger partial charge is 0.405 e. The second-order valence-electron chi connectivity index (χ2n) is 4.39. The molecule has 0 atom stereocenters. The van der Waals surface area contributed by atoms with E-state index in [1.54, 1.807) is 6.92 Å². The number of aromatic nitrogens is 2. The quantitative estimate of drug-likeness (QED) is 0.902. The van der Waals surface area contributed by atoms with Crippen LogP contribution in [0.2, 0.25) is 0 Å². The van der Waals surface area contributed by atoms with Crippen molar-refractivity contribution in [3.63, 3.8) is 0 Å². The molecule has 1 aromatic rings. The molecule has 7 heteroatoms. The van der Waals surface area contributed by atoms with Gasteiger partial charge in [0, 0.05) is 18.5 Å². The summed E-state index contributed by atoms with van der Waals surface area (Å²) in [6, 6.07) is 1.11. The molecule has 2 rings (SSSR count). The highest BCUT2D eigenvalue weighted by molar-refractivity contribution is 5.38. The zero-order valence-corrected chi connectivity index (χ0v) is 9.92. The summed E-state index contributed by atoms with van der Waals surface area (Å²) in [6.45, 7) is 0.662. The van der Waals surface area contributed by atoms with Crippen molar-refractivity contribution in [2.75, 3.05) is 18.0 Å². The van der Waals surface area contributed by atoms with Crippen LogP contribution in [0.3, 0.4) is 0 Å². The van der Waals surface area contributed by atoms with Crippen molar-refractivity contribution in [1.82, 2.24) is 9.97 Å². The summed E-state index contributed by atoms with van der Waals surface area (Å²) < 4.78 is 37.2. The van der Waals surface area contributed by atoms with Gasteiger partial charge in [0.25, 0.3) is 5.56 Å². The van der Waals surface area contributed by atoms with E-state index in [1.165, 1.54) is 0 Å². The topological polar surface area (TPSA) is 49.0 Å². The van der Waals surface area contributed by atoms with Crippen molar-refractivity contribution < 1.29 is 13.2 Å². The molecule has 0 unspecified atom stereocenters. The third-order valence-corrected chi connectivity index (χ3v) is 2.79. The van der Waals surface area contributed by atoms with E-state index in [4.69, 9.17) is 0 Å². The fraction of sp³-hybridized carbons (Fsp3) is 0.636. The smallest absolute Gasteiger partial charge is 0.348 e. The van der Waals surface area contributed by atoms with Gasteiger partial charge in [0.05, 0.1) is 0 Å². The Morgan fingerprint density at radius 3 is 2.67 bits per heavy atom. The molecule has 0 amide bonds. The van der Waals surface area contributed by atoms with Gasteiger partial charge in [-0.05, 0) is 19.8 Å². The Hall–Kier alpha value is -1.53. The van der Waals surface area contributed by atoms with Gasteiger partial charge in [-0.3, -0.25) is 4.79 Å². The third-order valence-electron chi connectivity index (χ3n) is 2.79. The summed E-state index contributed by atoms with van der Waals surface area (Å²) in [5.41, 5.74) is -0.400. The van der Waals surface area contributed by atoms with Crippen molar-refractivity contribution >= 4 is 5.82 Å². The summed E-state index contributed by atoms with van der Waals surface area (Å²) in [5, 5.41) is 0. The molecule has 1 aliphatic carbocycles. The van der Waals surface area contributed by atoms with Gasteiger partial charge in [-0.25, -0.2) is 4.98 Å². The van der Waals surface area contributed by atoms with Crippen LogP contribution in [0.15, 0.2) is 10.9 Å². The van der Waals surface area contributed by atoms with Crippen molar-refractivity contribution in [1.29, 1.82) is 0 Å². The zero-order chi connectivity index (χ0) is 13.3. The summed E-state index contributed by atoms with van der Waals surface area (Å²) >= 11 is 0. The highest BCUT2D eigenvalue weighted by Gasteiger charge is 2.32. The lowest BCUT2D eigenvalue weighted by Gasteiger charge is -2.23. The van der Waals surface area contributed by atoms with Crippen LogP contribution < -0.4 is 10.5 Å². The van der Waals surface area contributed by atoms with E-state index in [0.29, 0.717) is 5.82 Å². The number of nitrogens with one attached hydrogen (secondary N) is 1. The molecule has 0 bridgehead atoms. The maximum atomic E-state index is 12.4. The normalized spacial score (nSPS) is 15.8. The first-order valence-electron chi connectivity index (χ1n) is 5.82. The highest BCUT2D eigenvalue weighted by atomic mass is 19.4. The van der Waals surface area contributed by atoms with E-state index in [0.717, 1.165) is 23.8 Å². The number of hydrogen-bond donors (Lipinski definition) is 1. The van der Waals surface area contributed by atoms with Crippen LogP contribution in [0.5, 0.6) is 0 Å². The van der Waals surface area contributed by atoms with Gasteiger partial charge in [0.1, 0.15) is 18.2 Å². The maximum Gasteiger partial charge on any atom is 0.405 e. The van der Waals surface area contributed by atoms with Gasteiger partial charge in [0.2, 0.25) is 0 Å². The molecular weight excluding hydrogens is 247 g/mol. The standard InChI is InChI=1S/C11H14F3N3O/c1-2-17(6-11(12,13)14)8-5-9(18)16-10(15-8)7-3-4-7/h5,7H,2-4,6H2,1H3,(H,15,16,18). The molecule has 18 heavy (non-hydrogen) atoms. The average Bonchev–Trinajstić information content (AvgIpc) is 3.07. The molecule has 0 spiro atoms. The minimum atomic E-state index is -4.31. The van der Waals surface area contributed by atoms with Crippen molar-refractivity contribution in [2.24, 2.45) is 0 Å². The minimum absolute atomic E-state index is 0.0977. The molecule has 0 aromatic carbocycles. The number of alkyl halides is 3. The number of aromatic amines is 1. The van der Waals surface area contributed by atoms with Gasteiger partial charge in [0.15, 0.2) is 0 Å². The van der Waals surface area contributed by atoms with Crippen LogP contribution in [0.1, 0.15) is 31.5 Å². The third kappa shape index (κ3) is 3.24. The van der Waals surface area contributed by atoms with Gasteiger partial charge < -0.3 is 9.88 Å². The Morgan fingerprint density at radius 1 is 1.50 bits per heavy atom. The summed E-state index contributed by atoms with van der Waals surface area (Å²) in [7, 11) is 0. The molecule has 1 aliphatic rings. The molecule has 4 nitrogen and oxygen atoms in total. The Morgan fingerprint density at radius 2 is 2.17 bits per heavy atom. The molecular formula is C11H14F3N3O. The molecule has 0 radical (unpaired) electrons. The maximum absolute atomic E-state index is 12.4. The number of H-pyrrole nitrogens is 1. The van der Waals surface area contributed by atoms with Crippen molar-refractivity contribution in [3.8, 4) is 0 Å². The summed E-state index contributed by atoms with van der Waals surface area (Å²) in [4.78, 5) is 19.2. The molecule has 0 aliphatic heterocycles. The second kappa shape index (κ2) is 4.62. The first-order valence-corrected chi connectivity index (χ1v) is 5.82. The van der Waals surface area contributed by atoms with Gasteiger partial charge >= 0.3 is 6.18 Å². The molecule has 1 fully saturated rings. The molecule has 1 heterocycles. The Labute approximate surface area is 102 Å². The lowest BCUT2D eigenvalue weighted by Crippen LogP contribution is -2.35. The van der Waals surface area contributed by atoms with E-state index in [2.05, 4.69) is 9.97 Å². The predicted molar refractivity (Wildman–Crippen MR) is 60.8 cm³/mol. The summed E-state index contributed by atoms with van der Waals surface area (Å²) in [6.07, 6.45) is -2.45. The van der Waals surface area contributed by atoms with Crippen LogP contribution in [-0.4, -0.2) is 29.2 Å². The average molecular weight is 261 g/mol. The van der Waals surface area contributed by atoms with Gasteiger partial charge in [-0.15, -0.1) is 0 Å². The predicted octanol–water partition coefficient (Wildman–Crippen LogP) is 2.04. The van der Waals surface area contributed by atoms with Crippen LogP contribution in [-0.2, 0) is 0 Å². The lowest BCUT2D eigenvalue weighted by molar-refractivity contribution is -0.119. The fourth-order valence-electron chi connectivity index (χ4n) is 1.75. The van der Waals surface area contributed by atoms with Crippen LogP contribution >= 0.6 is 0 Å². The van der Waals surface area contributed by atoms with Crippen LogP contribution in [0, 0.1) is 0 Å². The van der Waals surface area contributed by atoms with E-state index in [-0.39, 0.29) is 18.3 Å². The molecule has 1 N–H and O–H groups in total.